The van der Waals surface area contributed by atoms with Crippen LogP contribution in [0.5, 0.6) is 0 Å². The van der Waals surface area contributed by atoms with Gasteiger partial charge in [0.2, 0.25) is 10.0 Å². The average molecular weight is 419 g/mol. The quantitative estimate of drug-likeness (QED) is 0.508. The van der Waals surface area contributed by atoms with Gasteiger partial charge in [-0.2, -0.15) is 0 Å². The highest BCUT2D eigenvalue weighted by Gasteiger charge is 2.36. The topological polar surface area (TPSA) is 85.2 Å². The highest BCUT2D eigenvalue weighted by atomic mass is 32.2. The van der Waals surface area contributed by atoms with Crippen LogP contribution in [-0.4, -0.2) is 47.5 Å². The van der Waals surface area contributed by atoms with Crippen molar-refractivity contribution in [3.8, 4) is 0 Å². The van der Waals surface area contributed by atoms with E-state index in [0.29, 0.717) is 41.9 Å². The van der Waals surface area contributed by atoms with Gasteiger partial charge in [-0.15, -0.1) is 10.2 Å². The van der Waals surface area contributed by atoms with Crippen LogP contribution in [0.2, 0.25) is 0 Å². The Balaban J connectivity index is 1.31. The van der Waals surface area contributed by atoms with Gasteiger partial charge in [0.15, 0.2) is 10.9 Å². The van der Waals surface area contributed by atoms with Gasteiger partial charge in [-0.05, 0) is 55.9 Å². The molecule has 7 nitrogen and oxygen atoms in total. The third kappa shape index (κ3) is 3.34. The van der Waals surface area contributed by atoms with Crippen LogP contribution in [0.3, 0.4) is 0 Å². The zero-order valence-corrected chi connectivity index (χ0v) is 17.3. The monoisotopic (exact) mass is 418 g/mol. The van der Waals surface area contributed by atoms with Gasteiger partial charge < -0.3 is 4.57 Å². The summed E-state index contributed by atoms with van der Waals surface area (Å²) in [4.78, 5) is 12.7. The Labute approximate surface area is 168 Å². The lowest BCUT2D eigenvalue weighted by Crippen LogP contribution is -2.27. The second-order valence-corrected chi connectivity index (χ2v) is 10.7. The van der Waals surface area contributed by atoms with Gasteiger partial charge in [0.1, 0.15) is 5.82 Å². The van der Waals surface area contributed by atoms with Gasteiger partial charge in [-0.3, -0.25) is 9.10 Å². The molecule has 0 radical (unpaired) electrons. The maximum absolute atomic E-state index is 12.7. The molecule has 2 heterocycles. The summed E-state index contributed by atoms with van der Waals surface area (Å²) in [5.74, 6) is 1.98. The minimum atomic E-state index is -3.28. The van der Waals surface area contributed by atoms with E-state index in [-0.39, 0.29) is 5.78 Å². The number of Topliss-reactive ketones (excluding diaryl/α,β-unsaturated/α-hetero) is 1. The lowest BCUT2D eigenvalue weighted by atomic mass is 10.1. The summed E-state index contributed by atoms with van der Waals surface area (Å²) in [6.45, 7) is 0.439. The number of hydrogen-bond donors (Lipinski definition) is 0. The fourth-order valence-electron chi connectivity index (χ4n) is 3.79. The first-order chi connectivity index (χ1) is 13.4. The minimum absolute atomic E-state index is 0.0314. The predicted molar refractivity (Wildman–Crippen MR) is 108 cm³/mol. The van der Waals surface area contributed by atoms with E-state index in [1.54, 1.807) is 12.1 Å². The maximum Gasteiger partial charge on any atom is 0.232 e. The van der Waals surface area contributed by atoms with Gasteiger partial charge in [0.25, 0.3) is 0 Å². The maximum atomic E-state index is 12.7. The molecule has 9 heteroatoms. The summed E-state index contributed by atoms with van der Waals surface area (Å²) in [5.41, 5.74) is 2.23. The molecule has 1 aliphatic heterocycles. The summed E-state index contributed by atoms with van der Waals surface area (Å²) >= 11 is 1.46. The van der Waals surface area contributed by atoms with Crippen molar-refractivity contribution >= 4 is 33.3 Å². The van der Waals surface area contributed by atoms with E-state index in [2.05, 4.69) is 14.8 Å². The largest absolute Gasteiger partial charge is 0.303 e. The van der Waals surface area contributed by atoms with Crippen LogP contribution in [0.25, 0.3) is 0 Å². The van der Waals surface area contributed by atoms with Gasteiger partial charge in [-0.1, -0.05) is 11.8 Å². The average Bonchev–Trinajstić information content (AvgIpc) is 3.59. The molecule has 0 atom stereocenters. The molecule has 0 amide bonds. The molecule has 3 aliphatic rings. The van der Waals surface area contributed by atoms with Crippen molar-refractivity contribution in [1.29, 1.82) is 0 Å². The predicted octanol–water partition coefficient (Wildman–Crippen LogP) is 2.79. The number of rotatable bonds is 7. The van der Waals surface area contributed by atoms with Crippen LogP contribution >= 0.6 is 11.8 Å². The molecule has 0 spiro atoms. The Morgan fingerprint density at radius 2 is 2.00 bits per heavy atom. The Morgan fingerprint density at radius 3 is 2.68 bits per heavy atom. The van der Waals surface area contributed by atoms with Crippen LogP contribution in [-0.2, 0) is 16.4 Å². The molecule has 1 aromatic heterocycles. The van der Waals surface area contributed by atoms with Crippen molar-refractivity contribution in [3.63, 3.8) is 0 Å². The first-order valence-electron chi connectivity index (χ1n) is 9.63. The van der Waals surface area contributed by atoms with Crippen molar-refractivity contribution in [2.45, 2.75) is 49.2 Å². The fraction of sp³-hybridized carbons (Fsp3) is 0.526. The molecule has 0 bridgehead atoms. The number of fused-ring (bicyclic) bond motifs is 1. The number of anilines is 1. The van der Waals surface area contributed by atoms with Crippen LogP contribution in [0.15, 0.2) is 23.4 Å². The molecule has 2 saturated carbocycles. The van der Waals surface area contributed by atoms with E-state index < -0.39 is 10.0 Å². The zero-order chi connectivity index (χ0) is 19.5. The number of carbonyl (C=O) groups excluding carboxylic acids is 1. The standard InChI is InChI=1S/C19H22N4O3S2/c1-28(25,26)22-9-8-13-10-14(4-7-16(13)22)17(24)11-27-19-21-20-18(12-2-3-12)23(19)15-5-6-15/h4,7,10,12,15H,2-3,5-6,8-9,11H2,1H3. The third-order valence-electron chi connectivity index (χ3n) is 5.53. The minimum Gasteiger partial charge on any atom is -0.303 e. The number of benzene rings is 1. The van der Waals surface area contributed by atoms with Crippen molar-refractivity contribution in [1.82, 2.24) is 14.8 Å². The molecule has 5 rings (SSSR count). The number of ketones is 1. The van der Waals surface area contributed by atoms with E-state index in [4.69, 9.17) is 0 Å². The number of thioether (sulfide) groups is 1. The van der Waals surface area contributed by atoms with Gasteiger partial charge in [0, 0.05) is 24.1 Å². The van der Waals surface area contributed by atoms with Crippen molar-refractivity contribution in [2.75, 3.05) is 22.9 Å². The van der Waals surface area contributed by atoms with Crippen LogP contribution in [0.1, 0.15) is 59.4 Å². The Kier molecular flexibility index (Phi) is 4.28. The molecule has 28 heavy (non-hydrogen) atoms. The normalized spacial score (nSPS) is 19.1. The number of carbonyl (C=O) groups is 1. The molecule has 2 fully saturated rings. The highest BCUT2D eigenvalue weighted by Crippen LogP contribution is 2.46. The zero-order valence-electron chi connectivity index (χ0n) is 15.7. The van der Waals surface area contributed by atoms with Crippen LogP contribution in [0.4, 0.5) is 5.69 Å². The fourth-order valence-corrected chi connectivity index (χ4v) is 5.65. The van der Waals surface area contributed by atoms with Crippen molar-refractivity contribution in [3.05, 3.63) is 35.2 Å². The number of hydrogen-bond acceptors (Lipinski definition) is 6. The molecule has 0 saturated heterocycles. The molecule has 0 unspecified atom stereocenters. The number of nitrogens with zero attached hydrogens (tertiary/aromatic N) is 4. The van der Waals surface area contributed by atoms with Gasteiger partial charge in [0.05, 0.1) is 17.7 Å². The third-order valence-corrected chi connectivity index (χ3v) is 7.66. The Morgan fingerprint density at radius 1 is 1.21 bits per heavy atom. The van der Waals surface area contributed by atoms with E-state index in [0.717, 1.165) is 16.5 Å². The summed E-state index contributed by atoms with van der Waals surface area (Å²) in [6.07, 6.45) is 6.56. The molecule has 0 N–H and O–H groups in total. The number of sulfonamides is 1. The molecule has 2 aromatic rings. The molecular formula is C19H22N4O3S2. The molecule has 1 aromatic carbocycles. The first kappa shape index (κ1) is 18.2. The Hall–Kier alpha value is -1.87. The molecule has 148 valence electrons. The second-order valence-electron chi connectivity index (χ2n) is 7.86. The summed E-state index contributed by atoms with van der Waals surface area (Å²) < 4.78 is 27.4. The van der Waals surface area contributed by atoms with Crippen LogP contribution < -0.4 is 4.31 Å². The smallest absolute Gasteiger partial charge is 0.232 e. The number of aromatic nitrogens is 3. The summed E-state index contributed by atoms with van der Waals surface area (Å²) in [6, 6.07) is 5.82. The lowest BCUT2D eigenvalue weighted by molar-refractivity contribution is 0.102. The van der Waals surface area contributed by atoms with E-state index >= 15 is 0 Å². The van der Waals surface area contributed by atoms with Gasteiger partial charge >= 0.3 is 0 Å². The second kappa shape index (κ2) is 6.59. The molecular weight excluding hydrogens is 396 g/mol. The van der Waals surface area contributed by atoms with E-state index in [9.17, 15) is 13.2 Å². The van der Waals surface area contributed by atoms with E-state index in [1.165, 1.54) is 48.0 Å². The molecule has 2 aliphatic carbocycles. The Bertz CT molecular complexity index is 1060. The van der Waals surface area contributed by atoms with Gasteiger partial charge in [-0.25, -0.2) is 8.42 Å². The summed E-state index contributed by atoms with van der Waals surface area (Å²) in [7, 11) is -3.28. The SMILES string of the molecule is CS(=O)(=O)N1CCc2cc(C(=O)CSc3nnc(C4CC4)n3C3CC3)ccc21. The first-order valence-corrected chi connectivity index (χ1v) is 12.5. The van der Waals surface area contributed by atoms with E-state index in [1.807, 2.05) is 6.07 Å². The highest BCUT2D eigenvalue weighted by molar-refractivity contribution is 7.99. The van der Waals surface area contributed by atoms with Crippen molar-refractivity contribution < 1.29 is 13.2 Å². The van der Waals surface area contributed by atoms with Crippen molar-refractivity contribution in [2.24, 2.45) is 0 Å². The van der Waals surface area contributed by atoms with Crippen LogP contribution in [0, 0.1) is 0 Å². The lowest BCUT2D eigenvalue weighted by Gasteiger charge is -2.16. The summed E-state index contributed by atoms with van der Waals surface area (Å²) in [5, 5.41) is 9.59.